The van der Waals surface area contributed by atoms with Gasteiger partial charge in [-0.05, 0) is 41.1 Å². The summed E-state index contributed by atoms with van der Waals surface area (Å²) in [6, 6.07) is 17.4. The molecule has 5 heterocycles. The van der Waals surface area contributed by atoms with Gasteiger partial charge in [-0.2, -0.15) is 8.78 Å². The smallest absolute Gasteiger partial charge is 0.350 e. The number of alkyl halides is 2. The van der Waals surface area contributed by atoms with Crippen LogP contribution in [-0.4, -0.2) is 90.7 Å². The van der Waals surface area contributed by atoms with Crippen molar-refractivity contribution < 1.29 is 27.5 Å². The molecule has 0 bridgehead atoms. The Morgan fingerprint density at radius 3 is 2.51 bits per heavy atom. The summed E-state index contributed by atoms with van der Waals surface area (Å²) < 4.78 is 37.5. The van der Waals surface area contributed by atoms with Gasteiger partial charge >= 0.3 is 6.55 Å². The Morgan fingerprint density at radius 1 is 1.00 bits per heavy atom. The minimum Gasteiger partial charge on any atom is -0.436 e. The van der Waals surface area contributed by atoms with Crippen LogP contribution in [0.3, 0.4) is 0 Å². The molecular formula is C30H27F2N9O4. The maximum absolute atomic E-state index is 13.5. The van der Waals surface area contributed by atoms with E-state index in [1.54, 1.807) is 35.2 Å². The fraction of sp³-hybridized carbons (Fsp3) is 0.300. The van der Waals surface area contributed by atoms with E-state index in [1.807, 2.05) is 35.2 Å². The van der Waals surface area contributed by atoms with Crippen molar-refractivity contribution in [2.75, 3.05) is 38.1 Å². The Bertz CT molecular complexity index is 1840. The highest BCUT2D eigenvalue weighted by Gasteiger charge is 2.32. The highest BCUT2D eigenvalue weighted by Crippen LogP contribution is 2.29. The van der Waals surface area contributed by atoms with E-state index >= 15 is 0 Å². The number of carbonyl (C=O) groups excluding carboxylic acids is 2. The largest absolute Gasteiger partial charge is 0.436 e. The van der Waals surface area contributed by atoms with Gasteiger partial charge in [-0.1, -0.05) is 35.1 Å². The Hall–Kier alpha value is -5.15. The Morgan fingerprint density at radius 2 is 1.80 bits per heavy atom. The number of rotatable bonds is 8. The number of piperazine rings is 1. The van der Waals surface area contributed by atoms with E-state index < -0.39 is 18.7 Å². The predicted octanol–water partition coefficient (Wildman–Crippen LogP) is 3.55. The average Bonchev–Trinajstić information content (AvgIpc) is 3.69. The normalized spacial score (nSPS) is 17.8. The maximum Gasteiger partial charge on any atom is 0.350 e. The fourth-order valence-electron chi connectivity index (χ4n) is 5.41. The molecule has 2 saturated heterocycles. The zero-order valence-corrected chi connectivity index (χ0v) is 23.8. The molecule has 0 unspecified atom stereocenters. The molecule has 0 radical (unpaired) electrons. The standard InChI is InChI=1S/C30H27F2N9O4/c31-30(32)41-37-26(36-38-41)25(18-4-2-1-3-5-18)39-11-13-40(14-12-39)29(43)22-16-19(8-10-33-22)28-35-21-17-20(6-7-23(21)45-28)34-27(42)24-9-15-44-24/h1-8,10,16-17,24-25,30H,9,11-15H2,(H,34,42)/t24-,25+/m0/s1. The summed E-state index contributed by atoms with van der Waals surface area (Å²) in [7, 11) is 0. The molecule has 2 fully saturated rings. The number of hydrogen-bond donors (Lipinski definition) is 1. The van der Waals surface area contributed by atoms with Gasteiger partial charge in [-0.15, -0.1) is 10.2 Å². The summed E-state index contributed by atoms with van der Waals surface area (Å²) >= 11 is 0. The van der Waals surface area contributed by atoms with Gasteiger partial charge in [0.15, 0.2) is 11.4 Å². The van der Waals surface area contributed by atoms with Crippen molar-refractivity contribution >= 4 is 28.6 Å². The van der Waals surface area contributed by atoms with E-state index in [2.05, 4.69) is 30.7 Å². The van der Waals surface area contributed by atoms with Crippen LogP contribution < -0.4 is 5.32 Å². The predicted molar refractivity (Wildman–Crippen MR) is 155 cm³/mol. The first kappa shape index (κ1) is 28.6. The zero-order chi connectivity index (χ0) is 30.9. The molecule has 2 atom stereocenters. The third-order valence-electron chi connectivity index (χ3n) is 7.82. The van der Waals surface area contributed by atoms with Gasteiger partial charge in [0.25, 0.3) is 11.8 Å². The second kappa shape index (κ2) is 12.1. The third kappa shape index (κ3) is 5.86. The fourth-order valence-corrected chi connectivity index (χ4v) is 5.41. The Kier molecular flexibility index (Phi) is 7.69. The molecule has 15 heteroatoms. The van der Waals surface area contributed by atoms with Gasteiger partial charge in [-0.25, -0.2) is 4.98 Å². The summed E-state index contributed by atoms with van der Waals surface area (Å²) in [5.74, 6) is 0.0195. The summed E-state index contributed by atoms with van der Waals surface area (Å²) in [6.07, 6.45) is 1.79. The van der Waals surface area contributed by atoms with E-state index in [4.69, 9.17) is 9.15 Å². The lowest BCUT2D eigenvalue weighted by atomic mass is 10.0. The molecule has 3 aromatic heterocycles. The van der Waals surface area contributed by atoms with Crippen LogP contribution >= 0.6 is 0 Å². The van der Waals surface area contributed by atoms with E-state index in [-0.39, 0.29) is 23.3 Å². The molecule has 7 rings (SSSR count). The SMILES string of the molecule is O=C(Nc1ccc2oc(-c3ccnc(C(=O)N4CCN([C@H](c5ccccc5)c5nnn(C(F)F)n5)CC4)c3)nc2c1)[C@@H]1CCO1. The lowest BCUT2D eigenvalue weighted by Crippen LogP contribution is -2.50. The van der Waals surface area contributed by atoms with Gasteiger partial charge in [0, 0.05) is 50.0 Å². The quantitative estimate of drug-likeness (QED) is 0.275. The van der Waals surface area contributed by atoms with Gasteiger partial charge in [0.1, 0.15) is 17.3 Å². The molecule has 1 N–H and O–H groups in total. The van der Waals surface area contributed by atoms with Gasteiger partial charge in [0.05, 0.1) is 12.6 Å². The molecule has 2 aromatic carbocycles. The lowest BCUT2D eigenvalue weighted by molar-refractivity contribution is -0.139. The topological polar surface area (TPSA) is 144 Å². The van der Waals surface area contributed by atoms with Crippen LogP contribution in [0, 0.1) is 0 Å². The van der Waals surface area contributed by atoms with Crippen LogP contribution in [-0.2, 0) is 9.53 Å². The number of oxazole rings is 1. The number of halogens is 2. The molecule has 2 amide bonds. The molecule has 0 saturated carbocycles. The van der Waals surface area contributed by atoms with Crippen LogP contribution in [0.5, 0.6) is 0 Å². The van der Waals surface area contributed by atoms with Crippen molar-refractivity contribution in [3.8, 4) is 11.5 Å². The molecule has 0 spiro atoms. The van der Waals surface area contributed by atoms with E-state index in [0.29, 0.717) is 72.2 Å². The number of pyridine rings is 1. The first-order valence-electron chi connectivity index (χ1n) is 14.4. The average molecular weight is 616 g/mol. The summed E-state index contributed by atoms with van der Waals surface area (Å²) in [5, 5.41) is 14.2. The molecule has 5 aromatic rings. The molecule has 0 aliphatic carbocycles. The molecular weight excluding hydrogens is 588 g/mol. The Labute approximate surface area is 254 Å². The highest BCUT2D eigenvalue weighted by molar-refractivity contribution is 5.96. The van der Waals surface area contributed by atoms with Crippen molar-refractivity contribution in [3.63, 3.8) is 0 Å². The number of benzene rings is 2. The molecule has 230 valence electrons. The maximum atomic E-state index is 13.5. The Balaban J connectivity index is 1.05. The van der Waals surface area contributed by atoms with Crippen LogP contribution in [0.25, 0.3) is 22.6 Å². The van der Waals surface area contributed by atoms with Gasteiger partial charge < -0.3 is 19.4 Å². The number of nitrogens with zero attached hydrogens (tertiary/aromatic N) is 8. The van der Waals surface area contributed by atoms with Crippen molar-refractivity contribution in [3.05, 3.63) is 83.9 Å². The monoisotopic (exact) mass is 615 g/mol. The van der Waals surface area contributed by atoms with Crippen LogP contribution in [0.15, 0.2) is 71.3 Å². The summed E-state index contributed by atoms with van der Waals surface area (Å²) in [6.45, 7) is -0.664. The number of fused-ring (bicyclic) bond motifs is 1. The van der Waals surface area contributed by atoms with Crippen molar-refractivity contribution in [1.82, 2.24) is 40.0 Å². The van der Waals surface area contributed by atoms with E-state index in [9.17, 15) is 18.4 Å². The number of amides is 2. The number of aromatic nitrogens is 6. The first-order chi connectivity index (χ1) is 21.9. The van der Waals surface area contributed by atoms with Crippen LogP contribution in [0.4, 0.5) is 14.5 Å². The van der Waals surface area contributed by atoms with Crippen LogP contribution in [0.2, 0.25) is 0 Å². The number of tetrazole rings is 1. The number of hydrogen-bond acceptors (Lipinski definition) is 10. The number of nitrogens with one attached hydrogen (secondary N) is 1. The molecule has 45 heavy (non-hydrogen) atoms. The minimum absolute atomic E-state index is 0.163. The molecule has 13 nitrogen and oxygen atoms in total. The summed E-state index contributed by atoms with van der Waals surface area (Å²) in [4.78, 5) is 38.6. The minimum atomic E-state index is -2.90. The molecule has 2 aliphatic heterocycles. The van der Waals surface area contributed by atoms with E-state index in [1.165, 1.54) is 6.20 Å². The van der Waals surface area contributed by atoms with E-state index in [0.717, 1.165) is 5.56 Å². The van der Waals surface area contributed by atoms with Crippen molar-refractivity contribution in [2.45, 2.75) is 25.1 Å². The van der Waals surface area contributed by atoms with Gasteiger partial charge in [-0.3, -0.25) is 19.5 Å². The van der Waals surface area contributed by atoms with Crippen molar-refractivity contribution in [1.29, 1.82) is 0 Å². The first-order valence-corrected chi connectivity index (χ1v) is 14.4. The highest BCUT2D eigenvalue weighted by atomic mass is 19.3. The zero-order valence-electron chi connectivity index (χ0n) is 23.8. The van der Waals surface area contributed by atoms with Crippen molar-refractivity contribution in [2.24, 2.45) is 0 Å². The second-order valence-corrected chi connectivity index (χ2v) is 10.7. The summed E-state index contributed by atoms with van der Waals surface area (Å²) in [5.41, 5.74) is 3.30. The van der Waals surface area contributed by atoms with Gasteiger partial charge in [0.2, 0.25) is 5.89 Å². The molecule has 2 aliphatic rings. The third-order valence-corrected chi connectivity index (χ3v) is 7.82. The number of anilines is 1. The number of ether oxygens (including phenoxy) is 1. The van der Waals surface area contributed by atoms with Crippen LogP contribution in [0.1, 0.15) is 40.9 Å². The number of carbonyl (C=O) groups is 2. The lowest BCUT2D eigenvalue weighted by Gasteiger charge is -2.38. The second-order valence-electron chi connectivity index (χ2n) is 10.7.